The van der Waals surface area contributed by atoms with Crippen molar-refractivity contribution in [2.45, 2.75) is 44.3 Å². The Bertz CT molecular complexity index is 400. The van der Waals surface area contributed by atoms with Gasteiger partial charge in [-0.1, -0.05) is 25.6 Å². The van der Waals surface area contributed by atoms with Gasteiger partial charge in [-0.15, -0.1) is 10.2 Å². The van der Waals surface area contributed by atoms with E-state index in [9.17, 15) is 4.79 Å². The van der Waals surface area contributed by atoms with Gasteiger partial charge in [0.15, 0.2) is 0 Å². The Kier molecular flexibility index (Phi) is 4.63. The third kappa shape index (κ3) is 3.48. The van der Waals surface area contributed by atoms with Crippen LogP contribution in [0.2, 0.25) is 0 Å². The fourth-order valence-electron chi connectivity index (χ4n) is 1.86. The number of hydrogen-bond donors (Lipinski definition) is 0. The number of carbonyl (C=O) groups is 1. The maximum Gasteiger partial charge on any atom is 0.276 e. The Morgan fingerprint density at radius 2 is 2.11 bits per heavy atom. The highest BCUT2D eigenvalue weighted by molar-refractivity contribution is 7.99. The van der Waals surface area contributed by atoms with Crippen LogP contribution in [0.4, 0.5) is 0 Å². The van der Waals surface area contributed by atoms with Gasteiger partial charge >= 0.3 is 0 Å². The molecule has 0 saturated carbocycles. The van der Waals surface area contributed by atoms with Gasteiger partial charge in [0.2, 0.25) is 11.8 Å². The maximum atomic E-state index is 11.8. The summed E-state index contributed by atoms with van der Waals surface area (Å²) in [6, 6.07) is 0. The van der Waals surface area contributed by atoms with E-state index >= 15 is 0 Å². The predicted molar refractivity (Wildman–Crippen MR) is 69.5 cm³/mol. The van der Waals surface area contributed by atoms with Gasteiger partial charge in [0, 0.05) is 31.2 Å². The molecular weight excluding hydrogens is 250 g/mol. The van der Waals surface area contributed by atoms with Crippen LogP contribution >= 0.6 is 11.8 Å². The lowest BCUT2D eigenvalue weighted by molar-refractivity contribution is -0.129. The topological polar surface area (TPSA) is 59.2 Å². The third-order valence-electron chi connectivity index (χ3n) is 2.92. The molecule has 0 N–H and O–H groups in total. The van der Waals surface area contributed by atoms with Crippen molar-refractivity contribution in [2.24, 2.45) is 0 Å². The van der Waals surface area contributed by atoms with Crippen molar-refractivity contribution in [3.05, 3.63) is 5.89 Å². The van der Waals surface area contributed by atoms with E-state index in [0.29, 0.717) is 23.3 Å². The quantitative estimate of drug-likeness (QED) is 0.768. The minimum atomic E-state index is 0.239. The second-order valence-electron chi connectivity index (χ2n) is 4.75. The first-order valence-electron chi connectivity index (χ1n) is 6.41. The van der Waals surface area contributed by atoms with Gasteiger partial charge in [-0.2, -0.15) is 0 Å². The summed E-state index contributed by atoms with van der Waals surface area (Å²) in [7, 11) is 0. The molecule has 1 amide bonds. The molecule has 18 heavy (non-hydrogen) atoms. The second kappa shape index (κ2) is 6.22. The maximum absolute atomic E-state index is 11.8. The highest BCUT2D eigenvalue weighted by atomic mass is 32.2. The fraction of sp³-hybridized carbons (Fsp3) is 0.750. The number of amides is 1. The van der Waals surface area contributed by atoms with Crippen molar-refractivity contribution in [1.82, 2.24) is 15.1 Å². The van der Waals surface area contributed by atoms with Gasteiger partial charge in [0.1, 0.15) is 0 Å². The molecule has 1 saturated heterocycles. The van der Waals surface area contributed by atoms with E-state index in [0.717, 1.165) is 25.9 Å². The molecule has 1 aliphatic heterocycles. The van der Waals surface area contributed by atoms with Crippen LogP contribution in [0.25, 0.3) is 0 Å². The Hall–Kier alpha value is -1.04. The molecule has 5 nitrogen and oxygen atoms in total. The van der Waals surface area contributed by atoms with E-state index in [-0.39, 0.29) is 11.8 Å². The lowest BCUT2D eigenvalue weighted by Gasteiger charge is -2.14. The number of nitrogens with zero attached hydrogens (tertiary/aromatic N) is 3. The Balaban J connectivity index is 1.72. The van der Waals surface area contributed by atoms with E-state index in [1.165, 1.54) is 11.8 Å². The number of hydrogen-bond acceptors (Lipinski definition) is 5. The molecule has 1 aliphatic rings. The Morgan fingerprint density at radius 1 is 1.39 bits per heavy atom. The van der Waals surface area contributed by atoms with Crippen LogP contribution in [0.1, 0.15) is 44.9 Å². The van der Waals surface area contributed by atoms with Gasteiger partial charge in [0.25, 0.3) is 5.22 Å². The normalized spacial score (nSPS) is 15.6. The number of aromatic nitrogens is 2. The molecular formula is C12H19N3O2S. The first kappa shape index (κ1) is 13.4. The number of rotatable bonds is 5. The molecule has 0 radical (unpaired) electrons. The molecule has 100 valence electrons. The van der Waals surface area contributed by atoms with Crippen LogP contribution < -0.4 is 0 Å². The minimum absolute atomic E-state index is 0.239. The van der Waals surface area contributed by atoms with Crippen LogP contribution in [0.15, 0.2) is 9.64 Å². The summed E-state index contributed by atoms with van der Waals surface area (Å²) < 4.78 is 5.47. The molecule has 1 fully saturated rings. The van der Waals surface area contributed by atoms with Gasteiger partial charge in [-0.3, -0.25) is 4.79 Å². The summed E-state index contributed by atoms with van der Waals surface area (Å²) in [4.78, 5) is 13.7. The number of likely N-dealkylation sites (tertiary alicyclic amines) is 1. The molecule has 2 rings (SSSR count). The zero-order valence-corrected chi connectivity index (χ0v) is 11.7. The van der Waals surface area contributed by atoms with Crippen LogP contribution in [0.3, 0.4) is 0 Å². The summed E-state index contributed by atoms with van der Waals surface area (Å²) >= 11 is 1.46. The van der Waals surface area contributed by atoms with Gasteiger partial charge in [-0.05, 0) is 12.8 Å². The van der Waals surface area contributed by atoms with E-state index in [1.54, 1.807) is 0 Å². The van der Waals surface area contributed by atoms with Crippen molar-refractivity contribution < 1.29 is 9.21 Å². The summed E-state index contributed by atoms with van der Waals surface area (Å²) in [6.45, 7) is 5.86. The van der Waals surface area contributed by atoms with Crippen LogP contribution in [-0.4, -0.2) is 39.8 Å². The van der Waals surface area contributed by atoms with Crippen molar-refractivity contribution >= 4 is 17.7 Å². The average molecular weight is 269 g/mol. The highest BCUT2D eigenvalue weighted by Gasteiger charge is 2.18. The molecule has 0 aliphatic carbocycles. The Labute approximate surface area is 111 Å². The highest BCUT2D eigenvalue weighted by Crippen LogP contribution is 2.21. The molecule has 0 unspecified atom stereocenters. The lowest BCUT2D eigenvalue weighted by Crippen LogP contribution is -2.27. The van der Waals surface area contributed by atoms with Crippen molar-refractivity contribution in [1.29, 1.82) is 0 Å². The molecule has 0 atom stereocenters. The molecule has 1 aromatic rings. The van der Waals surface area contributed by atoms with Crippen molar-refractivity contribution in [3.8, 4) is 0 Å². The van der Waals surface area contributed by atoms with Crippen LogP contribution in [-0.2, 0) is 4.79 Å². The monoisotopic (exact) mass is 269 g/mol. The minimum Gasteiger partial charge on any atom is -0.416 e. The fourth-order valence-corrected chi connectivity index (χ4v) is 2.56. The smallest absolute Gasteiger partial charge is 0.276 e. The Morgan fingerprint density at radius 3 is 2.72 bits per heavy atom. The number of carbonyl (C=O) groups excluding carboxylic acids is 1. The van der Waals surface area contributed by atoms with Gasteiger partial charge < -0.3 is 9.32 Å². The zero-order chi connectivity index (χ0) is 13.0. The first-order valence-corrected chi connectivity index (χ1v) is 7.39. The van der Waals surface area contributed by atoms with Gasteiger partial charge in [0.05, 0.1) is 0 Å². The van der Waals surface area contributed by atoms with Crippen molar-refractivity contribution in [2.75, 3.05) is 18.8 Å². The summed E-state index contributed by atoms with van der Waals surface area (Å²) in [5.41, 5.74) is 0. The van der Waals surface area contributed by atoms with E-state index in [1.807, 2.05) is 18.7 Å². The van der Waals surface area contributed by atoms with E-state index in [2.05, 4.69) is 10.2 Å². The SMILES string of the molecule is CC(C)c1nnc(SCCC(=O)N2CCCC2)o1. The largest absolute Gasteiger partial charge is 0.416 e. The molecule has 1 aromatic heterocycles. The molecule has 0 spiro atoms. The lowest BCUT2D eigenvalue weighted by atomic mass is 10.2. The average Bonchev–Trinajstić information content (AvgIpc) is 3.00. The second-order valence-corrected chi connectivity index (χ2v) is 5.79. The summed E-state index contributed by atoms with van der Waals surface area (Å²) in [5, 5.41) is 8.47. The standard InChI is InChI=1S/C12H19N3O2S/c1-9(2)11-13-14-12(17-11)18-8-5-10(16)15-6-3-4-7-15/h9H,3-8H2,1-2H3. The van der Waals surface area contributed by atoms with Crippen LogP contribution in [0.5, 0.6) is 0 Å². The van der Waals surface area contributed by atoms with Gasteiger partial charge in [-0.25, -0.2) is 0 Å². The molecule has 6 heteroatoms. The molecule has 0 bridgehead atoms. The summed E-state index contributed by atoms with van der Waals surface area (Å²) in [6.07, 6.45) is 2.82. The number of thioether (sulfide) groups is 1. The first-order chi connectivity index (χ1) is 8.66. The van der Waals surface area contributed by atoms with E-state index < -0.39 is 0 Å². The summed E-state index contributed by atoms with van der Waals surface area (Å²) in [5.74, 6) is 1.85. The van der Waals surface area contributed by atoms with E-state index in [4.69, 9.17) is 4.42 Å². The molecule has 0 aromatic carbocycles. The molecule has 2 heterocycles. The van der Waals surface area contributed by atoms with Crippen LogP contribution in [0, 0.1) is 0 Å². The van der Waals surface area contributed by atoms with Crippen molar-refractivity contribution in [3.63, 3.8) is 0 Å². The third-order valence-corrected chi connectivity index (χ3v) is 3.74. The zero-order valence-electron chi connectivity index (χ0n) is 10.9. The predicted octanol–water partition coefficient (Wildman–Crippen LogP) is 2.30.